The predicted octanol–water partition coefficient (Wildman–Crippen LogP) is 7.99. The van der Waals surface area contributed by atoms with Crippen molar-refractivity contribution in [2.45, 2.75) is 33.4 Å². The fraction of sp³-hybridized carbons (Fsp3) is 0.233. The molecule has 1 fully saturated rings. The molecule has 0 N–H and O–H groups in total. The van der Waals surface area contributed by atoms with Gasteiger partial charge in [-0.3, -0.25) is 9.63 Å². The average Bonchev–Trinajstić information content (AvgIpc) is 3.42. The summed E-state index contributed by atoms with van der Waals surface area (Å²) in [6.07, 6.45) is 5.81. The Morgan fingerprint density at radius 1 is 0.868 bits per heavy atom. The molecule has 6 rings (SSSR count). The number of nitrogens with zero attached hydrogens (tertiary/aromatic N) is 4. The minimum absolute atomic E-state index is 0.0658. The Kier molecular flexibility index (Phi) is 12.5. The van der Waals surface area contributed by atoms with Crippen LogP contribution in [0.3, 0.4) is 0 Å². The second-order valence-electron chi connectivity index (χ2n) is 12.7. The lowest BCUT2D eigenvalue weighted by Crippen LogP contribution is -2.34. The normalized spacial score (nSPS) is 13.4. The molecule has 0 bridgehead atoms. The Hall–Kier alpha value is -6.02. The molecule has 53 heavy (non-hydrogen) atoms. The van der Waals surface area contributed by atoms with Crippen molar-refractivity contribution in [3.63, 3.8) is 0 Å². The first-order valence-electron chi connectivity index (χ1n) is 17.5. The Morgan fingerprint density at radius 3 is 2.26 bits per heavy atom. The first kappa shape index (κ1) is 36.8. The molecule has 5 aromatic rings. The van der Waals surface area contributed by atoms with Gasteiger partial charge in [-0.25, -0.2) is 9.37 Å². The smallest absolute Gasteiger partial charge is 0.246 e. The van der Waals surface area contributed by atoms with Gasteiger partial charge in [-0.1, -0.05) is 36.4 Å². The molecule has 1 saturated heterocycles. The second-order valence-corrected chi connectivity index (χ2v) is 12.7. The molecule has 0 radical (unpaired) electrons. The van der Waals surface area contributed by atoms with Crippen LogP contribution in [-0.4, -0.2) is 53.7 Å². The number of carbonyl (C=O) groups excluding carboxylic acids is 1. The van der Waals surface area contributed by atoms with E-state index in [4.69, 9.17) is 24.3 Å². The zero-order chi connectivity index (χ0) is 37.0. The summed E-state index contributed by atoms with van der Waals surface area (Å²) in [4.78, 5) is 25.4. The van der Waals surface area contributed by atoms with Crippen molar-refractivity contribution in [2.24, 2.45) is 0 Å². The number of hydroxylamine groups is 2. The summed E-state index contributed by atoms with van der Waals surface area (Å²) in [7, 11) is 0. The minimum atomic E-state index is -0.281. The van der Waals surface area contributed by atoms with E-state index in [0.717, 1.165) is 39.8 Å². The molecule has 270 valence electrons. The number of hydrogen-bond acceptors (Lipinski definition) is 8. The van der Waals surface area contributed by atoms with Gasteiger partial charge in [-0.05, 0) is 108 Å². The van der Waals surface area contributed by atoms with Gasteiger partial charge in [0.15, 0.2) is 0 Å². The van der Waals surface area contributed by atoms with Gasteiger partial charge in [0.2, 0.25) is 11.8 Å². The largest absolute Gasteiger partial charge is 0.493 e. The van der Waals surface area contributed by atoms with Crippen molar-refractivity contribution in [3.05, 3.63) is 154 Å². The minimum Gasteiger partial charge on any atom is -0.493 e. The van der Waals surface area contributed by atoms with Gasteiger partial charge in [-0.15, -0.1) is 0 Å². The third kappa shape index (κ3) is 10.7. The number of amides is 1. The van der Waals surface area contributed by atoms with Gasteiger partial charge in [-0.2, -0.15) is 10.3 Å². The summed E-state index contributed by atoms with van der Waals surface area (Å²) >= 11 is 0. The molecule has 1 amide bonds. The fourth-order valence-corrected chi connectivity index (χ4v) is 5.84. The van der Waals surface area contributed by atoms with Crippen LogP contribution in [0.25, 0.3) is 6.08 Å². The molecule has 1 aliphatic rings. The van der Waals surface area contributed by atoms with Crippen LogP contribution in [0.2, 0.25) is 0 Å². The fourth-order valence-electron chi connectivity index (χ4n) is 5.84. The highest BCUT2D eigenvalue weighted by atomic mass is 19.1. The molecule has 1 aromatic heterocycles. The maximum Gasteiger partial charge on any atom is 0.246 e. The Balaban J connectivity index is 0.948. The Labute approximate surface area is 309 Å². The molecule has 0 unspecified atom stereocenters. The summed E-state index contributed by atoms with van der Waals surface area (Å²) in [5.41, 5.74) is 6.57. The zero-order valence-corrected chi connectivity index (χ0v) is 29.8. The highest BCUT2D eigenvalue weighted by Crippen LogP contribution is 2.30. The van der Waals surface area contributed by atoms with Crippen LogP contribution >= 0.6 is 0 Å². The van der Waals surface area contributed by atoms with Crippen LogP contribution in [0.4, 0.5) is 4.39 Å². The van der Waals surface area contributed by atoms with Gasteiger partial charge in [0.05, 0.1) is 31.0 Å². The first-order chi connectivity index (χ1) is 25.8. The van der Waals surface area contributed by atoms with Gasteiger partial charge < -0.3 is 19.1 Å². The molecule has 10 heteroatoms. The molecule has 0 spiro atoms. The van der Waals surface area contributed by atoms with Crippen molar-refractivity contribution in [2.75, 3.05) is 32.8 Å². The third-order valence-electron chi connectivity index (χ3n) is 8.73. The van der Waals surface area contributed by atoms with E-state index in [1.807, 2.05) is 55.3 Å². The van der Waals surface area contributed by atoms with Crippen molar-refractivity contribution < 1.29 is 28.2 Å². The Morgan fingerprint density at radius 2 is 1.57 bits per heavy atom. The summed E-state index contributed by atoms with van der Waals surface area (Å²) in [5.74, 6) is 2.07. The summed E-state index contributed by atoms with van der Waals surface area (Å²) in [5, 5.41) is 10.9. The van der Waals surface area contributed by atoms with E-state index in [1.54, 1.807) is 47.5 Å². The van der Waals surface area contributed by atoms with Crippen molar-refractivity contribution >= 4 is 12.0 Å². The molecule has 0 atom stereocenters. The van der Waals surface area contributed by atoms with Crippen molar-refractivity contribution in [1.82, 2.24) is 14.9 Å². The summed E-state index contributed by atoms with van der Waals surface area (Å²) < 4.78 is 30.8. The number of benzene rings is 4. The molecule has 0 aliphatic carbocycles. The van der Waals surface area contributed by atoms with Crippen LogP contribution in [-0.2, 0) is 29.2 Å². The lowest BCUT2D eigenvalue weighted by atomic mass is 10.1. The number of nitriles is 1. The summed E-state index contributed by atoms with van der Waals surface area (Å²) in [6.45, 7) is 7.49. The predicted molar refractivity (Wildman–Crippen MR) is 200 cm³/mol. The highest BCUT2D eigenvalue weighted by molar-refractivity contribution is 5.92. The standard InChI is InChI=1S/C43H41FN4O5/c1-31-25-37(26-32(2)43(31)53-41-17-16-40(28-46-41)51-30-36-9-5-34(27-45)6-10-36)11-18-42(49)47-20-21-48(52-24-22-47)29-35-7-3-33(4-8-35)19-23-50-39-14-12-38(44)13-15-39/h3-18,25-26,28H,19-24,29-30H2,1-2H3/b18-11+. The average molecular weight is 713 g/mol. The van der Waals surface area contributed by atoms with Gasteiger partial charge in [0.1, 0.15) is 29.7 Å². The number of carbonyl (C=O) groups is 1. The van der Waals surface area contributed by atoms with E-state index in [9.17, 15) is 9.18 Å². The van der Waals surface area contributed by atoms with E-state index in [0.29, 0.717) is 74.7 Å². The molecule has 2 heterocycles. The Bertz CT molecular complexity index is 2020. The number of hydrogen-bond donors (Lipinski definition) is 0. The lowest BCUT2D eigenvalue weighted by molar-refractivity contribution is -0.155. The van der Waals surface area contributed by atoms with E-state index in [2.05, 4.69) is 35.3 Å². The monoisotopic (exact) mass is 712 g/mol. The van der Waals surface area contributed by atoms with Crippen LogP contribution in [0, 0.1) is 31.0 Å². The van der Waals surface area contributed by atoms with Crippen LogP contribution in [0.1, 0.15) is 38.9 Å². The van der Waals surface area contributed by atoms with E-state index < -0.39 is 0 Å². The SMILES string of the molecule is Cc1cc(/C=C/C(=O)N2CCON(Cc3ccc(CCOc4ccc(F)cc4)cc3)CC2)cc(C)c1Oc1ccc(OCc2ccc(C#N)cc2)cn1. The van der Waals surface area contributed by atoms with E-state index in [1.165, 1.54) is 12.1 Å². The molecular formula is C43H41FN4O5. The van der Waals surface area contributed by atoms with Crippen LogP contribution < -0.4 is 14.2 Å². The summed E-state index contributed by atoms with van der Waals surface area (Å²) in [6, 6.07) is 31.3. The number of halogens is 1. The number of aromatic nitrogens is 1. The number of aryl methyl sites for hydroxylation is 2. The maximum absolute atomic E-state index is 13.2. The van der Waals surface area contributed by atoms with Gasteiger partial charge in [0.25, 0.3) is 0 Å². The van der Waals surface area contributed by atoms with Crippen molar-refractivity contribution in [3.8, 4) is 29.2 Å². The zero-order valence-electron chi connectivity index (χ0n) is 29.8. The molecule has 9 nitrogen and oxygen atoms in total. The molecule has 4 aromatic carbocycles. The van der Waals surface area contributed by atoms with E-state index in [-0.39, 0.29) is 11.7 Å². The van der Waals surface area contributed by atoms with E-state index >= 15 is 0 Å². The van der Waals surface area contributed by atoms with Gasteiger partial charge >= 0.3 is 0 Å². The third-order valence-corrected chi connectivity index (χ3v) is 8.73. The lowest BCUT2D eigenvalue weighted by Gasteiger charge is -2.20. The van der Waals surface area contributed by atoms with Crippen LogP contribution in [0.5, 0.6) is 23.1 Å². The molecule has 1 aliphatic heterocycles. The quantitative estimate of drug-likeness (QED) is 0.113. The first-order valence-corrected chi connectivity index (χ1v) is 17.5. The number of pyridine rings is 1. The maximum atomic E-state index is 13.2. The van der Waals surface area contributed by atoms with Gasteiger partial charge in [0, 0.05) is 44.7 Å². The number of ether oxygens (including phenoxy) is 3. The van der Waals surface area contributed by atoms with Crippen LogP contribution in [0.15, 0.2) is 109 Å². The second kappa shape index (κ2) is 18.0. The van der Waals surface area contributed by atoms with Crippen molar-refractivity contribution in [1.29, 1.82) is 5.26 Å². The topological polar surface area (TPSA) is 97.2 Å². The number of rotatable bonds is 13. The molecule has 0 saturated carbocycles. The highest BCUT2D eigenvalue weighted by Gasteiger charge is 2.19. The molecular weight excluding hydrogens is 671 g/mol.